The van der Waals surface area contributed by atoms with Gasteiger partial charge in [0.25, 0.3) is 0 Å². The van der Waals surface area contributed by atoms with Crippen LogP contribution in [0.4, 0.5) is 0 Å². The zero-order chi connectivity index (χ0) is 15.6. The molecular weight excluding hydrogens is 314 g/mol. The third-order valence-corrected chi connectivity index (χ3v) is 6.01. The van der Waals surface area contributed by atoms with Crippen molar-refractivity contribution in [1.29, 1.82) is 0 Å². The van der Waals surface area contributed by atoms with E-state index in [9.17, 15) is 13.2 Å². The van der Waals surface area contributed by atoms with Crippen LogP contribution in [0.3, 0.4) is 0 Å². The summed E-state index contributed by atoms with van der Waals surface area (Å²) in [5.41, 5.74) is 0. The smallest absolute Gasteiger partial charge is 0.325 e. The average molecular weight is 329 g/mol. The number of hydrogen-bond donors (Lipinski definition) is 1. The second-order valence-electron chi connectivity index (χ2n) is 4.48. The Hall–Kier alpha value is -1.71. The minimum atomic E-state index is -3.72. The predicted molar refractivity (Wildman–Crippen MR) is 77.5 cm³/mol. The number of nitrogens with zero attached hydrogens (tertiary/aromatic N) is 3. The van der Waals surface area contributed by atoms with E-state index in [1.165, 1.54) is 28.9 Å². The molecule has 2 aromatic rings. The minimum Gasteiger partial charge on any atom is -0.480 e. The number of carboxylic acid groups (broad SMARTS) is 1. The van der Waals surface area contributed by atoms with Crippen molar-refractivity contribution in [3.63, 3.8) is 0 Å². The van der Waals surface area contributed by atoms with E-state index in [1.807, 2.05) is 17.5 Å². The second kappa shape index (κ2) is 5.96. The Balaban J connectivity index is 2.24. The van der Waals surface area contributed by atoms with E-state index in [4.69, 9.17) is 5.11 Å². The number of rotatable bonds is 6. The number of aliphatic carboxylic acids is 1. The first-order valence-electron chi connectivity index (χ1n) is 6.08. The molecule has 2 aromatic heterocycles. The Morgan fingerprint density at radius 2 is 2.29 bits per heavy atom. The summed E-state index contributed by atoms with van der Waals surface area (Å²) in [6, 6.07) is 3.43. The number of aromatic nitrogens is 2. The van der Waals surface area contributed by atoms with E-state index in [0.29, 0.717) is 0 Å². The highest BCUT2D eigenvalue weighted by Crippen LogP contribution is 2.28. The Labute approximate surface area is 126 Å². The lowest BCUT2D eigenvalue weighted by Crippen LogP contribution is -2.29. The van der Waals surface area contributed by atoms with E-state index >= 15 is 0 Å². The van der Waals surface area contributed by atoms with E-state index in [0.717, 1.165) is 15.8 Å². The van der Waals surface area contributed by atoms with Crippen molar-refractivity contribution >= 4 is 27.3 Å². The van der Waals surface area contributed by atoms with E-state index < -0.39 is 16.0 Å². The molecule has 0 amide bonds. The summed E-state index contributed by atoms with van der Waals surface area (Å²) in [7, 11) is -2.22. The lowest BCUT2D eigenvalue weighted by Gasteiger charge is -2.22. The lowest BCUT2D eigenvalue weighted by atomic mass is 10.3. The molecule has 2 heterocycles. The molecule has 0 fully saturated rings. The Kier molecular flexibility index (Phi) is 4.45. The number of carbonyl (C=O) groups is 1. The molecule has 0 aliphatic rings. The van der Waals surface area contributed by atoms with Crippen LogP contribution in [-0.2, 0) is 21.4 Å². The van der Waals surface area contributed by atoms with Gasteiger partial charge in [0.2, 0.25) is 10.0 Å². The van der Waals surface area contributed by atoms with Crippen LogP contribution in [0.25, 0.3) is 0 Å². The van der Waals surface area contributed by atoms with Crippen LogP contribution in [-0.4, -0.2) is 40.6 Å². The van der Waals surface area contributed by atoms with Gasteiger partial charge < -0.3 is 5.11 Å². The number of sulfonamides is 1. The summed E-state index contributed by atoms with van der Waals surface area (Å²) in [5.74, 6) is -1.08. The van der Waals surface area contributed by atoms with Crippen molar-refractivity contribution < 1.29 is 18.3 Å². The van der Waals surface area contributed by atoms with E-state index in [-0.39, 0.29) is 17.5 Å². The molecule has 9 heteroatoms. The largest absolute Gasteiger partial charge is 0.480 e. The molecule has 1 N–H and O–H groups in total. The maximum atomic E-state index is 12.5. The van der Waals surface area contributed by atoms with Crippen LogP contribution in [0.1, 0.15) is 17.8 Å². The molecular formula is C12H15N3O4S2. The van der Waals surface area contributed by atoms with E-state index in [1.54, 1.807) is 6.92 Å². The van der Waals surface area contributed by atoms with Gasteiger partial charge in [-0.25, -0.2) is 8.42 Å². The number of carboxylic acids is 1. The van der Waals surface area contributed by atoms with Crippen LogP contribution in [0.15, 0.2) is 34.8 Å². The summed E-state index contributed by atoms with van der Waals surface area (Å²) in [5, 5.41) is 14.3. The Morgan fingerprint density at radius 1 is 1.57 bits per heavy atom. The molecule has 1 atom stereocenters. The van der Waals surface area contributed by atoms with Gasteiger partial charge in [-0.3, -0.25) is 9.48 Å². The fraction of sp³-hybridized carbons (Fsp3) is 0.333. The minimum absolute atomic E-state index is 0.0188. The topological polar surface area (TPSA) is 92.5 Å². The second-order valence-corrected chi connectivity index (χ2v) is 7.46. The summed E-state index contributed by atoms with van der Waals surface area (Å²) in [6.45, 7) is 1.42. The zero-order valence-electron chi connectivity index (χ0n) is 11.5. The Morgan fingerprint density at radius 3 is 2.86 bits per heavy atom. The average Bonchev–Trinajstić information content (AvgIpc) is 3.06. The highest BCUT2D eigenvalue weighted by atomic mass is 32.2. The van der Waals surface area contributed by atoms with Gasteiger partial charge in [0.05, 0.1) is 12.2 Å². The van der Waals surface area contributed by atoms with Crippen LogP contribution in [0.5, 0.6) is 0 Å². The highest BCUT2D eigenvalue weighted by molar-refractivity contribution is 7.89. The fourth-order valence-electron chi connectivity index (χ4n) is 1.79. The molecule has 0 aliphatic heterocycles. The van der Waals surface area contributed by atoms with Crippen molar-refractivity contribution in [2.75, 3.05) is 7.05 Å². The molecule has 0 spiro atoms. The number of hydrogen-bond acceptors (Lipinski definition) is 5. The first-order chi connectivity index (χ1) is 9.82. The molecule has 21 heavy (non-hydrogen) atoms. The third-order valence-electron chi connectivity index (χ3n) is 3.08. The first kappa shape index (κ1) is 15.7. The summed E-state index contributed by atoms with van der Waals surface area (Å²) >= 11 is 1.48. The molecule has 0 bridgehead atoms. The van der Waals surface area contributed by atoms with E-state index in [2.05, 4.69) is 5.10 Å². The quantitative estimate of drug-likeness (QED) is 0.865. The molecule has 7 nitrogen and oxygen atoms in total. The van der Waals surface area contributed by atoms with Gasteiger partial charge in [-0.1, -0.05) is 6.07 Å². The van der Waals surface area contributed by atoms with Gasteiger partial charge in [0.15, 0.2) is 0 Å². The van der Waals surface area contributed by atoms with Crippen molar-refractivity contribution in [2.45, 2.75) is 24.4 Å². The normalized spacial score (nSPS) is 13.5. The highest BCUT2D eigenvalue weighted by Gasteiger charge is 2.28. The molecule has 0 radical (unpaired) electrons. The molecule has 1 unspecified atom stereocenters. The van der Waals surface area contributed by atoms with Gasteiger partial charge >= 0.3 is 5.97 Å². The van der Waals surface area contributed by atoms with Crippen molar-refractivity contribution in [2.24, 2.45) is 0 Å². The van der Waals surface area contributed by atoms with Crippen LogP contribution in [0, 0.1) is 0 Å². The van der Waals surface area contributed by atoms with Crippen LogP contribution in [0.2, 0.25) is 0 Å². The van der Waals surface area contributed by atoms with Gasteiger partial charge in [0, 0.05) is 18.1 Å². The molecule has 114 valence electrons. The molecule has 0 saturated heterocycles. The van der Waals surface area contributed by atoms with Crippen molar-refractivity contribution in [1.82, 2.24) is 14.1 Å². The molecule has 2 rings (SSSR count). The molecule has 0 aliphatic carbocycles. The summed E-state index contributed by atoms with van der Waals surface area (Å²) in [4.78, 5) is 11.5. The van der Waals surface area contributed by atoms with Gasteiger partial charge in [-0.15, -0.1) is 11.3 Å². The standard InChI is InChI=1S/C12H15N3O4S2/c1-9(11-4-3-5-20-11)14(2)21(18,19)10-6-13-15(7-10)8-12(16)17/h3-7,9H,8H2,1-2H3,(H,16,17). The van der Waals surface area contributed by atoms with Crippen molar-refractivity contribution in [3.05, 3.63) is 34.8 Å². The van der Waals surface area contributed by atoms with Crippen molar-refractivity contribution in [3.8, 4) is 0 Å². The van der Waals surface area contributed by atoms with Gasteiger partial charge in [0.1, 0.15) is 11.4 Å². The Bertz CT molecular complexity index is 722. The van der Waals surface area contributed by atoms with Crippen LogP contribution < -0.4 is 0 Å². The molecule has 0 saturated carbocycles. The lowest BCUT2D eigenvalue weighted by molar-refractivity contribution is -0.137. The zero-order valence-corrected chi connectivity index (χ0v) is 13.1. The monoisotopic (exact) mass is 329 g/mol. The summed E-state index contributed by atoms with van der Waals surface area (Å²) in [6.07, 6.45) is 2.39. The SMILES string of the molecule is CC(c1cccs1)N(C)S(=O)(=O)c1cnn(CC(=O)O)c1. The fourth-order valence-corrected chi connectivity index (χ4v) is 3.98. The summed E-state index contributed by atoms with van der Waals surface area (Å²) < 4.78 is 27.3. The maximum absolute atomic E-state index is 12.5. The predicted octanol–water partition coefficient (Wildman–Crippen LogP) is 1.41. The van der Waals surface area contributed by atoms with Gasteiger partial charge in [-0.2, -0.15) is 9.40 Å². The van der Waals surface area contributed by atoms with Gasteiger partial charge in [-0.05, 0) is 18.4 Å². The number of thiophene rings is 1. The van der Waals surface area contributed by atoms with Crippen LogP contribution >= 0.6 is 11.3 Å². The third kappa shape index (κ3) is 3.31. The molecule has 0 aromatic carbocycles. The first-order valence-corrected chi connectivity index (χ1v) is 8.40. The maximum Gasteiger partial charge on any atom is 0.325 e.